The number of aliphatic hydroxyl groups excluding tert-OH is 1. The zero-order chi connectivity index (χ0) is 21.7. The lowest BCUT2D eigenvalue weighted by atomic mass is 10.1. The molecule has 0 unspecified atom stereocenters. The summed E-state index contributed by atoms with van der Waals surface area (Å²) in [5, 5.41) is 13.9. The maximum Gasteiger partial charge on any atom is 0.410 e. The van der Waals surface area contributed by atoms with Crippen molar-refractivity contribution in [2.45, 2.75) is 58.3 Å². The Labute approximate surface area is 185 Å². The molecule has 166 valence electrons. The number of likely N-dealkylation sites (tertiary alicyclic amines) is 1. The van der Waals surface area contributed by atoms with Crippen molar-refractivity contribution in [3.8, 4) is 0 Å². The number of amides is 1. The fourth-order valence-corrected chi connectivity index (χ4v) is 3.80. The average Bonchev–Trinajstić information content (AvgIpc) is 2.74. The Hall–Kier alpha value is -1.84. The molecule has 1 amide bonds. The van der Waals surface area contributed by atoms with Crippen molar-refractivity contribution in [1.29, 1.82) is 0 Å². The van der Waals surface area contributed by atoms with Gasteiger partial charge in [-0.2, -0.15) is 0 Å². The largest absolute Gasteiger partial charge is 0.447 e. The molecule has 2 aliphatic heterocycles. The molecule has 0 atom stereocenters. The molecule has 0 spiro atoms. The van der Waals surface area contributed by atoms with E-state index in [2.05, 4.69) is 15.1 Å². The second kappa shape index (κ2) is 10.5. The first kappa shape index (κ1) is 22.8. The second-order valence-electron chi connectivity index (χ2n) is 7.60. The van der Waals surface area contributed by atoms with E-state index in [0.717, 1.165) is 31.4 Å². The lowest BCUT2D eigenvalue weighted by molar-refractivity contribution is 0.00415. The van der Waals surface area contributed by atoms with Crippen molar-refractivity contribution in [2.24, 2.45) is 5.16 Å². The van der Waals surface area contributed by atoms with Crippen LogP contribution in [0.25, 0.3) is 0 Å². The monoisotopic (exact) mass is 459 g/mol. The molecule has 2 saturated heterocycles. The Bertz CT molecular complexity index is 774. The van der Waals surface area contributed by atoms with Crippen molar-refractivity contribution in [3.05, 3.63) is 16.0 Å². The van der Waals surface area contributed by atoms with Gasteiger partial charge in [-0.3, -0.25) is 0 Å². The fraction of sp³-hybridized carbons (Fsp3) is 0.684. The number of aromatic nitrogens is 2. The number of carbonyl (C=O) groups excluding carboxylic acids is 1. The van der Waals surface area contributed by atoms with Gasteiger partial charge in [0.15, 0.2) is 16.1 Å². The molecule has 3 rings (SSSR count). The number of carbonyl (C=O) groups is 1. The summed E-state index contributed by atoms with van der Waals surface area (Å²) in [5.41, 5.74) is 1.25. The van der Waals surface area contributed by atoms with E-state index in [0.29, 0.717) is 32.0 Å². The predicted molar refractivity (Wildman–Crippen MR) is 114 cm³/mol. The van der Waals surface area contributed by atoms with Crippen LogP contribution in [0.3, 0.4) is 0 Å². The van der Waals surface area contributed by atoms with Crippen LogP contribution in [0.1, 0.15) is 45.2 Å². The van der Waals surface area contributed by atoms with Gasteiger partial charge in [-0.25, -0.2) is 14.8 Å². The van der Waals surface area contributed by atoms with Crippen LogP contribution < -0.4 is 4.90 Å². The lowest BCUT2D eigenvalue weighted by Crippen LogP contribution is -2.41. The van der Waals surface area contributed by atoms with Gasteiger partial charge in [0.25, 0.3) is 0 Å². The maximum atomic E-state index is 11.9. The van der Waals surface area contributed by atoms with Gasteiger partial charge in [0.2, 0.25) is 0 Å². The molecule has 2 aliphatic rings. The first-order chi connectivity index (χ1) is 14.4. The molecule has 3 heterocycles. The van der Waals surface area contributed by atoms with Gasteiger partial charge < -0.3 is 24.5 Å². The van der Waals surface area contributed by atoms with Crippen LogP contribution in [-0.4, -0.2) is 70.2 Å². The summed E-state index contributed by atoms with van der Waals surface area (Å²) < 4.78 is 5.23. The number of hydrogen-bond donors (Lipinski definition) is 1. The SMILES string of the molecule is CC(C)OC(=O)N1CCC(ON=C2CCN(c3nc(Cl)c(CO)nc3Cl)CC2)CC1. The first-order valence-electron chi connectivity index (χ1n) is 10.1. The minimum atomic E-state index is -0.308. The van der Waals surface area contributed by atoms with Crippen molar-refractivity contribution in [1.82, 2.24) is 14.9 Å². The van der Waals surface area contributed by atoms with Gasteiger partial charge in [0.1, 0.15) is 11.8 Å². The van der Waals surface area contributed by atoms with E-state index >= 15 is 0 Å². The highest BCUT2D eigenvalue weighted by Gasteiger charge is 2.26. The molecule has 0 radical (unpaired) electrons. The smallest absolute Gasteiger partial charge is 0.410 e. The van der Waals surface area contributed by atoms with Crippen LogP contribution in [0.2, 0.25) is 10.3 Å². The lowest BCUT2D eigenvalue weighted by Gasteiger charge is -2.31. The number of oxime groups is 1. The minimum Gasteiger partial charge on any atom is -0.447 e. The van der Waals surface area contributed by atoms with E-state index in [1.54, 1.807) is 4.90 Å². The number of hydrogen-bond acceptors (Lipinski definition) is 8. The fourth-order valence-electron chi connectivity index (χ4n) is 3.36. The Balaban J connectivity index is 1.46. The zero-order valence-electron chi connectivity index (χ0n) is 17.2. The molecule has 1 aromatic heterocycles. The molecule has 2 fully saturated rings. The van der Waals surface area contributed by atoms with Gasteiger partial charge in [0.05, 0.1) is 18.4 Å². The van der Waals surface area contributed by atoms with Crippen LogP contribution in [0.15, 0.2) is 5.16 Å². The van der Waals surface area contributed by atoms with Gasteiger partial charge >= 0.3 is 6.09 Å². The number of piperidine rings is 2. The van der Waals surface area contributed by atoms with E-state index < -0.39 is 0 Å². The van der Waals surface area contributed by atoms with Gasteiger partial charge in [0, 0.05) is 51.9 Å². The number of aliphatic hydroxyl groups is 1. The summed E-state index contributed by atoms with van der Waals surface area (Å²) >= 11 is 12.2. The standard InChI is InChI=1S/C19H27Cl2N5O4/c1-12(2)29-19(28)26-9-5-14(6-10-26)30-24-13-3-7-25(8-4-13)18-17(21)22-15(11-27)16(20)23-18/h12,14,27H,3-11H2,1-2H3. The molecule has 1 N–H and O–H groups in total. The highest BCUT2D eigenvalue weighted by molar-refractivity contribution is 6.33. The first-order valence-corrected chi connectivity index (χ1v) is 10.9. The van der Waals surface area contributed by atoms with E-state index in [1.807, 2.05) is 18.7 Å². The van der Waals surface area contributed by atoms with E-state index in [1.165, 1.54) is 0 Å². The van der Waals surface area contributed by atoms with E-state index in [-0.39, 0.29) is 40.9 Å². The molecular weight excluding hydrogens is 433 g/mol. The Morgan fingerprint density at radius 2 is 1.83 bits per heavy atom. The Morgan fingerprint density at radius 3 is 2.43 bits per heavy atom. The van der Waals surface area contributed by atoms with Crippen LogP contribution >= 0.6 is 23.2 Å². The molecule has 0 aliphatic carbocycles. The van der Waals surface area contributed by atoms with Crippen LogP contribution in [0.4, 0.5) is 10.6 Å². The number of halogens is 2. The van der Waals surface area contributed by atoms with Crippen LogP contribution in [-0.2, 0) is 16.2 Å². The highest BCUT2D eigenvalue weighted by Crippen LogP contribution is 2.27. The van der Waals surface area contributed by atoms with Crippen LogP contribution in [0, 0.1) is 0 Å². The highest BCUT2D eigenvalue weighted by atomic mass is 35.5. The summed E-state index contributed by atoms with van der Waals surface area (Å²) in [5.74, 6) is 0.513. The molecular formula is C19H27Cl2N5O4. The van der Waals surface area contributed by atoms with Crippen molar-refractivity contribution < 1.29 is 19.5 Å². The third-order valence-corrected chi connectivity index (χ3v) is 5.57. The normalized spacial score (nSPS) is 18.0. The topological polar surface area (TPSA) is 100 Å². The average molecular weight is 460 g/mol. The van der Waals surface area contributed by atoms with E-state index in [9.17, 15) is 9.90 Å². The maximum absolute atomic E-state index is 11.9. The predicted octanol–water partition coefficient (Wildman–Crippen LogP) is 3.26. The summed E-state index contributed by atoms with van der Waals surface area (Å²) in [6, 6.07) is 0. The van der Waals surface area contributed by atoms with Crippen LogP contribution in [0.5, 0.6) is 0 Å². The molecule has 0 bridgehead atoms. The summed E-state index contributed by atoms with van der Waals surface area (Å²) in [6.07, 6.45) is 2.52. The third-order valence-electron chi connectivity index (χ3n) is 5.02. The molecule has 0 saturated carbocycles. The van der Waals surface area contributed by atoms with Crippen molar-refractivity contribution in [3.63, 3.8) is 0 Å². The molecule has 1 aromatic rings. The zero-order valence-corrected chi connectivity index (χ0v) is 18.7. The minimum absolute atomic E-state index is 0.00349. The Morgan fingerprint density at radius 1 is 1.17 bits per heavy atom. The van der Waals surface area contributed by atoms with Gasteiger partial charge in [-0.15, -0.1) is 0 Å². The van der Waals surface area contributed by atoms with Crippen molar-refractivity contribution in [2.75, 3.05) is 31.1 Å². The quantitative estimate of drug-likeness (QED) is 0.674. The molecule has 30 heavy (non-hydrogen) atoms. The molecule has 9 nitrogen and oxygen atoms in total. The Kier molecular flexibility index (Phi) is 7.96. The number of ether oxygens (including phenoxy) is 1. The van der Waals surface area contributed by atoms with Gasteiger partial charge in [-0.1, -0.05) is 28.4 Å². The number of rotatable bonds is 5. The summed E-state index contributed by atoms with van der Waals surface area (Å²) in [4.78, 5) is 29.8. The third kappa shape index (κ3) is 5.86. The number of anilines is 1. The summed E-state index contributed by atoms with van der Waals surface area (Å²) in [6.45, 7) is 5.93. The summed E-state index contributed by atoms with van der Waals surface area (Å²) in [7, 11) is 0. The molecule has 0 aromatic carbocycles. The second-order valence-corrected chi connectivity index (χ2v) is 8.32. The number of nitrogens with zero attached hydrogens (tertiary/aromatic N) is 5. The van der Waals surface area contributed by atoms with Crippen molar-refractivity contribution >= 4 is 40.8 Å². The molecule has 11 heteroatoms. The van der Waals surface area contributed by atoms with E-state index in [4.69, 9.17) is 32.8 Å². The van der Waals surface area contributed by atoms with Gasteiger partial charge in [-0.05, 0) is 13.8 Å².